The molecule has 0 aliphatic carbocycles. The van der Waals surface area contributed by atoms with E-state index in [1.54, 1.807) is 6.07 Å². The zero-order valence-corrected chi connectivity index (χ0v) is 14.5. The molecule has 0 saturated carbocycles. The van der Waals surface area contributed by atoms with Gasteiger partial charge in [0.2, 0.25) is 0 Å². The molecule has 122 valence electrons. The predicted molar refractivity (Wildman–Crippen MR) is 95.5 cm³/mol. The molecule has 0 heterocycles. The zero-order chi connectivity index (χ0) is 16.8. The van der Waals surface area contributed by atoms with Crippen LogP contribution in [0.15, 0.2) is 42.5 Å². The van der Waals surface area contributed by atoms with Gasteiger partial charge in [-0.15, -0.1) is 0 Å². The van der Waals surface area contributed by atoms with E-state index in [9.17, 15) is 4.79 Å². The van der Waals surface area contributed by atoms with Crippen LogP contribution in [0.1, 0.15) is 37.3 Å². The molecule has 4 heteroatoms. The van der Waals surface area contributed by atoms with Crippen LogP contribution in [-0.2, 0) is 4.79 Å². The Kier molecular flexibility index (Phi) is 6.05. The molecule has 0 radical (unpaired) electrons. The van der Waals surface area contributed by atoms with Gasteiger partial charge in [0.05, 0.1) is 0 Å². The van der Waals surface area contributed by atoms with Crippen LogP contribution in [0.3, 0.4) is 0 Å². The van der Waals surface area contributed by atoms with Gasteiger partial charge in [0.1, 0.15) is 5.75 Å². The highest BCUT2D eigenvalue weighted by Crippen LogP contribution is 2.28. The van der Waals surface area contributed by atoms with Gasteiger partial charge < -0.3 is 10.1 Å². The summed E-state index contributed by atoms with van der Waals surface area (Å²) in [5, 5.41) is 3.42. The van der Waals surface area contributed by atoms with Gasteiger partial charge in [-0.05, 0) is 48.6 Å². The number of hydrogen-bond acceptors (Lipinski definition) is 2. The van der Waals surface area contributed by atoms with Gasteiger partial charge in [0.15, 0.2) is 6.61 Å². The normalized spacial score (nSPS) is 11.8. The smallest absolute Gasteiger partial charge is 0.262 e. The Bertz CT molecular complexity index is 685. The third-order valence-electron chi connectivity index (χ3n) is 3.88. The summed E-state index contributed by atoms with van der Waals surface area (Å²) < 4.78 is 5.70. The lowest BCUT2D eigenvalue weighted by Gasteiger charge is -2.15. The van der Waals surface area contributed by atoms with Crippen molar-refractivity contribution < 1.29 is 9.53 Å². The Morgan fingerprint density at radius 3 is 2.70 bits per heavy atom. The summed E-state index contributed by atoms with van der Waals surface area (Å²) in [6.45, 7) is 6.17. The van der Waals surface area contributed by atoms with Crippen molar-refractivity contribution in [1.82, 2.24) is 0 Å². The molecule has 0 fully saturated rings. The van der Waals surface area contributed by atoms with E-state index in [1.807, 2.05) is 43.3 Å². The van der Waals surface area contributed by atoms with Crippen molar-refractivity contribution in [2.75, 3.05) is 11.9 Å². The molecule has 23 heavy (non-hydrogen) atoms. The minimum atomic E-state index is -0.205. The topological polar surface area (TPSA) is 38.3 Å². The second-order valence-electron chi connectivity index (χ2n) is 5.65. The maximum absolute atomic E-state index is 12.1. The van der Waals surface area contributed by atoms with Crippen LogP contribution in [0.25, 0.3) is 0 Å². The van der Waals surface area contributed by atoms with Crippen LogP contribution in [-0.4, -0.2) is 12.5 Å². The molecule has 1 N–H and O–H groups in total. The number of nitrogens with one attached hydrogen (secondary N) is 1. The number of aryl methyl sites for hydroxylation is 1. The first kappa shape index (κ1) is 17.4. The highest BCUT2D eigenvalue weighted by atomic mass is 35.5. The van der Waals surface area contributed by atoms with Gasteiger partial charge in [-0.3, -0.25) is 4.79 Å². The molecule has 0 aliphatic rings. The monoisotopic (exact) mass is 331 g/mol. The number of carbonyl (C=O) groups excluding carboxylic acids is 1. The largest absolute Gasteiger partial charge is 0.483 e. The Morgan fingerprint density at radius 1 is 1.26 bits per heavy atom. The van der Waals surface area contributed by atoms with Crippen LogP contribution in [0.2, 0.25) is 5.02 Å². The molecular formula is C19H22ClNO2. The molecule has 2 aromatic carbocycles. The highest BCUT2D eigenvalue weighted by molar-refractivity contribution is 6.31. The summed E-state index contributed by atoms with van der Waals surface area (Å²) in [7, 11) is 0. The van der Waals surface area contributed by atoms with E-state index in [1.165, 1.54) is 0 Å². The van der Waals surface area contributed by atoms with Gasteiger partial charge in [-0.2, -0.15) is 0 Å². The number of carbonyl (C=O) groups is 1. The van der Waals surface area contributed by atoms with Crippen LogP contribution < -0.4 is 10.1 Å². The van der Waals surface area contributed by atoms with E-state index >= 15 is 0 Å². The fourth-order valence-corrected chi connectivity index (χ4v) is 2.43. The first-order valence-corrected chi connectivity index (χ1v) is 8.16. The van der Waals surface area contributed by atoms with Gasteiger partial charge in [0, 0.05) is 10.7 Å². The Labute approximate surface area is 142 Å². The number of para-hydroxylation sites is 1. The molecule has 0 bridgehead atoms. The van der Waals surface area contributed by atoms with Gasteiger partial charge in [-0.1, -0.05) is 49.7 Å². The van der Waals surface area contributed by atoms with Crippen molar-refractivity contribution in [2.45, 2.75) is 33.1 Å². The average Bonchev–Trinajstić information content (AvgIpc) is 2.56. The van der Waals surface area contributed by atoms with E-state index in [0.29, 0.717) is 16.6 Å². The third kappa shape index (κ3) is 4.73. The van der Waals surface area contributed by atoms with Crippen molar-refractivity contribution in [3.05, 3.63) is 58.6 Å². The van der Waals surface area contributed by atoms with E-state index in [-0.39, 0.29) is 12.5 Å². The Morgan fingerprint density at radius 2 is 2.00 bits per heavy atom. The summed E-state index contributed by atoms with van der Waals surface area (Å²) in [4.78, 5) is 12.1. The lowest BCUT2D eigenvalue weighted by Crippen LogP contribution is -2.20. The fourth-order valence-electron chi connectivity index (χ4n) is 2.25. The SMILES string of the molecule is CC[C@@H](C)c1ccccc1OCC(=O)Nc1ccc(C)c(Cl)c1. The third-order valence-corrected chi connectivity index (χ3v) is 4.28. The van der Waals surface area contributed by atoms with Crippen LogP contribution >= 0.6 is 11.6 Å². The average molecular weight is 332 g/mol. The number of ether oxygens (including phenoxy) is 1. The van der Waals surface area contributed by atoms with Crippen molar-refractivity contribution in [1.29, 1.82) is 0 Å². The number of amides is 1. The van der Waals surface area contributed by atoms with E-state index < -0.39 is 0 Å². The summed E-state index contributed by atoms with van der Waals surface area (Å²) in [6, 6.07) is 13.3. The zero-order valence-electron chi connectivity index (χ0n) is 13.7. The van der Waals surface area contributed by atoms with E-state index in [4.69, 9.17) is 16.3 Å². The van der Waals surface area contributed by atoms with Crippen LogP contribution in [0, 0.1) is 6.92 Å². The number of rotatable bonds is 6. The molecule has 0 spiro atoms. The highest BCUT2D eigenvalue weighted by Gasteiger charge is 2.11. The second kappa shape index (κ2) is 8.02. The quantitative estimate of drug-likeness (QED) is 0.792. The first-order valence-electron chi connectivity index (χ1n) is 7.79. The predicted octanol–water partition coefficient (Wildman–Crippen LogP) is 5.18. The second-order valence-corrected chi connectivity index (χ2v) is 6.06. The van der Waals surface area contributed by atoms with Crippen molar-refractivity contribution in [3.8, 4) is 5.75 Å². The Hall–Kier alpha value is -2.00. The molecule has 0 aliphatic heterocycles. The van der Waals surface area contributed by atoms with Crippen LogP contribution in [0.5, 0.6) is 5.75 Å². The molecule has 0 saturated heterocycles. The molecule has 0 aromatic heterocycles. The summed E-state index contributed by atoms with van der Waals surface area (Å²) >= 11 is 6.06. The molecule has 3 nitrogen and oxygen atoms in total. The first-order chi connectivity index (χ1) is 11.0. The molecule has 1 amide bonds. The van der Waals surface area contributed by atoms with E-state index in [2.05, 4.69) is 19.2 Å². The van der Waals surface area contributed by atoms with Gasteiger partial charge in [-0.25, -0.2) is 0 Å². The van der Waals surface area contributed by atoms with Crippen molar-refractivity contribution in [3.63, 3.8) is 0 Å². The van der Waals surface area contributed by atoms with E-state index in [0.717, 1.165) is 23.3 Å². The van der Waals surface area contributed by atoms with Gasteiger partial charge in [0.25, 0.3) is 5.91 Å². The van der Waals surface area contributed by atoms with Gasteiger partial charge >= 0.3 is 0 Å². The summed E-state index contributed by atoms with van der Waals surface area (Å²) in [5.74, 6) is 0.952. The molecule has 2 aromatic rings. The van der Waals surface area contributed by atoms with Crippen molar-refractivity contribution in [2.24, 2.45) is 0 Å². The van der Waals surface area contributed by atoms with Crippen molar-refractivity contribution >= 4 is 23.2 Å². The maximum atomic E-state index is 12.1. The lowest BCUT2D eigenvalue weighted by atomic mass is 9.98. The number of hydrogen-bond donors (Lipinski definition) is 1. The Balaban J connectivity index is 1.98. The summed E-state index contributed by atoms with van der Waals surface area (Å²) in [6.07, 6.45) is 1.02. The minimum absolute atomic E-state index is 0.0288. The maximum Gasteiger partial charge on any atom is 0.262 e. The standard InChI is InChI=1S/C19H22ClNO2/c1-4-13(2)16-7-5-6-8-18(16)23-12-19(22)21-15-10-9-14(3)17(20)11-15/h5-11,13H,4,12H2,1-3H3,(H,21,22)/t13-/m1/s1. The molecule has 1 atom stereocenters. The summed E-state index contributed by atoms with van der Waals surface area (Å²) in [5.41, 5.74) is 2.77. The fraction of sp³-hybridized carbons (Fsp3) is 0.316. The number of benzene rings is 2. The number of halogens is 1. The lowest BCUT2D eigenvalue weighted by molar-refractivity contribution is -0.118. The van der Waals surface area contributed by atoms with Crippen LogP contribution in [0.4, 0.5) is 5.69 Å². The number of anilines is 1. The molecule has 0 unspecified atom stereocenters. The minimum Gasteiger partial charge on any atom is -0.483 e. The molecule has 2 rings (SSSR count). The molecular weight excluding hydrogens is 310 g/mol.